The number of amides is 2. The molecule has 2 aromatic rings. The molecule has 1 heterocycles. The highest BCUT2D eigenvalue weighted by atomic mass is 32.2. The van der Waals surface area contributed by atoms with Crippen LogP contribution in [-0.2, 0) is 10.0 Å². The Morgan fingerprint density at radius 2 is 1.84 bits per heavy atom. The molecule has 1 saturated heterocycles. The van der Waals surface area contributed by atoms with E-state index in [9.17, 15) is 27.7 Å². The number of hydrogen-bond acceptors (Lipinski definition) is 6. The number of para-hydroxylation sites is 1. The third-order valence-corrected chi connectivity index (χ3v) is 6.56. The van der Waals surface area contributed by atoms with Gasteiger partial charge >= 0.3 is 6.03 Å². The number of halogens is 1. The zero-order valence-corrected chi connectivity index (χ0v) is 17.3. The quantitative estimate of drug-likeness (QED) is 0.389. The highest BCUT2D eigenvalue weighted by Gasteiger charge is 2.30. The van der Waals surface area contributed by atoms with Crippen molar-refractivity contribution >= 4 is 21.7 Å². The van der Waals surface area contributed by atoms with Crippen molar-refractivity contribution in [2.45, 2.75) is 4.90 Å². The number of nitro groups is 1. The van der Waals surface area contributed by atoms with Crippen molar-refractivity contribution in [3.63, 3.8) is 0 Å². The monoisotopic (exact) mass is 452 g/mol. The van der Waals surface area contributed by atoms with Crippen molar-refractivity contribution < 1.29 is 27.3 Å². The normalized spacial score (nSPS) is 14.8. The number of carbonyl (C=O) groups excluding carboxylic acids is 1. The molecule has 1 aliphatic rings. The molecule has 0 bridgehead atoms. The van der Waals surface area contributed by atoms with Gasteiger partial charge in [-0.3, -0.25) is 10.1 Å². The number of nitrogens with zero attached hydrogens (tertiary/aromatic N) is 3. The fourth-order valence-electron chi connectivity index (χ4n) is 3.03. The van der Waals surface area contributed by atoms with Gasteiger partial charge in [0.15, 0.2) is 11.6 Å². The van der Waals surface area contributed by atoms with E-state index in [0.717, 1.165) is 6.07 Å². The van der Waals surface area contributed by atoms with Gasteiger partial charge in [-0.15, -0.1) is 0 Å². The van der Waals surface area contributed by atoms with Crippen molar-refractivity contribution in [2.75, 3.05) is 39.3 Å². The summed E-state index contributed by atoms with van der Waals surface area (Å²) in [5.74, 6) is -0.397. The first-order valence-corrected chi connectivity index (χ1v) is 10.9. The third-order valence-electron chi connectivity index (χ3n) is 4.66. The Bertz CT molecular complexity index is 1060. The van der Waals surface area contributed by atoms with E-state index in [-0.39, 0.29) is 61.7 Å². The number of nitro benzene ring substituents is 1. The predicted molar refractivity (Wildman–Crippen MR) is 109 cm³/mol. The Morgan fingerprint density at radius 3 is 2.52 bits per heavy atom. The maximum atomic E-state index is 13.5. The third kappa shape index (κ3) is 5.47. The second-order valence-electron chi connectivity index (χ2n) is 6.66. The molecule has 12 heteroatoms. The van der Waals surface area contributed by atoms with E-state index >= 15 is 0 Å². The number of piperazine rings is 1. The standard InChI is InChI=1S/C19H21FN4O6S/c20-17-6-1-2-7-18(17)30-13-8-21-19(25)22-9-11-23(12-10-22)31(28,29)16-5-3-4-15(14-16)24(26)27/h1-7,14H,8-13H2,(H,21,25). The summed E-state index contributed by atoms with van der Waals surface area (Å²) in [6.07, 6.45) is 0. The van der Waals surface area contributed by atoms with E-state index in [1.54, 1.807) is 12.1 Å². The van der Waals surface area contributed by atoms with E-state index in [4.69, 9.17) is 4.74 Å². The van der Waals surface area contributed by atoms with Crippen molar-refractivity contribution in [3.05, 3.63) is 64.5 Å². The first-order valence-electron chi connectivity index (χ1n) is 9.44. The van der Waals surface area contributed by atoms with E-state index in [1.807, 2.05) is 0 Å². The molecule has 0 atom stereocenters. The van der Waals surface area contributed by atoms with Crippen LogP contribution >= 0.6 is 0 Å². The molecule has 1 fully saturated rings. The summed E-state index contributed by atoms with van der Waals surface area (Å²) < 4.78 is 45.4. The van der Waals surface area contributed by atoms with Gasteiger partial charge in [0.05, 0.1) is 16.4 Å². The van der Waals surface area contributed by atoms with Crippen molar-refractivity contribution in [1.29, 1.82) is 0 Å². The Hall–Kier alpha value is -3.25. The average molecular weight is 452 g/mol. The molecule has 0 spiro atoms. The molecule has 2 amide bonds. The van der Waals surface area contributed by atoms with E-state index < -0.39 is 20.8 Å². The first kappa shape index (κ1) is 22.4. The van der Waals surface area contributed by atoms with Crippen LogP contribution in [0.5, 0.6) is 5.75 Å². The number of sulfonamides is 1. The van der Waals surface area contributed by atoms with E-state index in [1.165, 1.54) is 39.5 Å². The van der Waals surface area contributed by atoms with Gasteiger partial charge in [0.25, 0.3) is 5.69 Å². The lowest BCUT2D eigenvalue weighted by molar-refractivity contribution is -0.385. The lowest BCUT2D eigenvalue weighted by Gasteiger charge is -2.33. The van der Waals surface area contributed by atoms with Gasteiger partial charge in [0, 0.05) is 38.3 Å². The summed E-state index contributed by atoms with van der Waals surface area (Å²) in [6.45, 7) is 0.670. The molecule has 0 saturated carbocycles. The first-order chi connectivity index (χ1) is 14.8. The van der Waals surface area contributed by atoms with Crippen molar-refractivity contribution in [1.82, 2.24) is 14.5 Å². The second kappa shape index (κ2) is 9.71. The number of nitrogens with one attached hydrogen (secondary N) is 1. The maximum absolute atomic E-state index is 13.5. The second-order valence-corrected chi connectivity index (χ2v) is 8.59. The van der Waals surface area contributed by atoms with Crippen molar-refractivity contribution in [3.8, 4) is 5.75 Å². The summed E-state index contributed by atoms with van der Waals surface area (Å²) >= 11 is 0. The van der Waals surface area contributed by atoms with Crippen LogP contribution in [0.1, 0.15) is 0 Å². The molecule has 0 radical (unpaired) electrons. The van der Waals surface area contributed by atoms with Gasteiger partial charge in [0.1, 0.15) is 6.61 Å². The number of non-ortho nitro benzene ring substituents is 1. The summed E-state index contributed by atoms with van der Waals surface area (Å²) in [5, 5.41) is 13.5. The fraction of sp³-hybridized carbons (Fsp3) is 0.316. The van der Waals surface area contributed by atoms with Gasteiger partial charge in [-0.05, 0) is 18.2 Å². The van der Waals surface area contributed by atoms with Crippen LogP contribution in [0, 0.1) is 15.9 Å². The lowest BCUT2D eigenvalue weighted by atomic mass is 10.3. The summed E-state index contributed by atoms with van der Waals surface area (Å²) in [7, 11) is -3.91. The van der Waals surface area contributed by atoms with Crippen LogP contribution in [0.2, 0.25) is 0 Å². The fourth-order valence-corrected chi connectivity index (χ4v) is 4.49. The molecule has 31 heavy (non-hydrogen) atoms. The van der Waals surface area contributed by atoms with Crippen molar-refractivity contribution in [2.24, 2.45) is 0 Å². The molecule has 0 aliphatic carbocycles. The molecular formula is C19H21FN4O6S. The van der Waals surface area contributed by atoms with Gasteiger partial charge in [-0.1, -0.05) is 18.2 Å². The average Bonchev–Trinajstić information content (AvgIpc) is 2.78. The Morgan fingerprint density at radius 1 is 1.13 bits per heavy atom. The molecule has 1 N–H and O–H groups in total. The van der Waals surface area contributed by atoms with Gasteiger partial charge < -0.3 is 15.0 Å². The number of carbonyl (C=O) groups is 1. The van der Waals surface area contributed by atoms with Crippen LogP contribution in [0.15, 0.2) is 53.4 Å². The highest BCUT2D eigenvalue weighted by molar-refractivity contribution is 7.89. The maximum Gasteiger partial charge on any atom is 0.317 e. The van der Waals surface area contributed by atoms with E-state index in [2.05, 4.69) is 5.32 Å². The number of urea groups is 1. The van der Waals surface area contributed by atoms with Crippen LogP contribution < -0.4 is 10.1 Å². The largest absolute Gasteiger partial charge is 0.489 e. The molecule has 1 aliphatic heterocycles. The Balaban J connectivity index is 1.48. The molecule has 0 aromatic heterocycles. The Kier molecular flexibility index (Phi) is 7.02. The molecule has 3 rings (SSSR count). The molecule has 10 nitrogen and oxygen atoms in total. The molecule has 0 unspecified atom stereocenters. The zero-order chi connectivity index (χ0) is 22.4. The van der Waals surface area contributed by atoms with Gasteiger partial charge in [0.2, 0.25) is 10.0 Å². The van der Waals surface area contributed by atoms with E-state index in [0.29, 0.717) is 0 Å². The van der Waals surface area contributed by atoms with Crippen LogP contribution in [0.3, 0.4) is 0 Å². The summed E-state index contributed by atoms with van der Waals surface area (Å²) in [6, 6.07) is 10.4. The zero-order valence-electron chi connectivity index (χ0n) is 16.4. The minimum Gasteiger partial charge on any atom is -0.489 e. The number of benzene rings is 2. The van der Waals surface area contributed by atoms with Crippen LogP contribution in [-0.4, -0.2) is 67.9 Å². The summed E-state index contributed by atoms with van der Waals surface area (Å²) in [4.78, 5) is 23.8. The van der Waals surface area contributed by atoms with Gasteiger partial charge in [-0.25, -0.2) is 17.6 Å². The van der Waals surface area contributed by atoms with Crippen LogP contribution in [0.25, 0.3) is 0 Å². The Labute approximate surface area is 178 Å². The minimum absolute atomic E-state index is 0.0597. The number of rotatable bonds is 7. The molecular weight excluding hydrogens is 431 g/mol. The summed E-state index contributed by atoms with van der Waals surface area (Å²) in [5.41, 5.74) is -0.309. The molecule has 166 valence electrons. The highest BCUT2D eigenvalue weighted by Crippen LogP contribution is 2.22. The predicted octanol–water partition coefficient (Wildman–Crippen LogP) is 1.83. The number of ether oxygens (including phenoxy) is 1. The van der Waals surface area contributed by atoms with Gasteiger partial charge in [-0.2, -0.15) is 4.31 Å². The SMILES string of the molecule is O=C(NCCOc1ccccc1F)N1CCN(S(=O)(=O)c2cccc([N+](=O)[O-])c2)CC1. The lowest BCUT2D eigenvalue weighted by Crippen LogP contribution is -2.53. The number of hydrogen-bond donors (Lipinski definition) is 1. The topological polar surface area (TPSA) is 122 Å². The van der Waals surface area contributed by atoms with Crippen LogP contribution in [0.4, 0.5) is 14.9 Å². The minimum atomic E-state index is -3.91. The smallest absolute Gasteiger partial charge is 0.317 e. The molecule has 2 aromatic carbocycles.